The molecule has 0 bridgehead atoms. The number of nitrogens with zero attached hydrogens (tertiary/aromatic N) is 2. The van der Waals surface area contributed by atoms with Crippen LogP contribution in [-0.4, -0.2) is 36.4 Å². The number of hydrogen-bond acceptors (Lipinski definition) is 4. The highest BCUT2D eigenvalue weighted by atomic mass is 16.5. The van der Waals surface area contributed by atoms with Gasteiger partial charge in [0.1, 0.15) is 5.69 Å². The zero-order chi connectivity index (χ0) is 11.3. The monoisotopic (exact) mass is 212 g/mol. The standard InChI is InChI=1S/C10H16N2O3/c1-12-10(9(15-3)7-11-12)8(13)5-4-6-14-2/h7H,4-6H2,1-3H3. The summed E-state index contributed by atoms with van der Waals surface area (Å²) in [6.07, 6.45) is 2.71. The van der Waals surface area contributed by atoms with Crippen molar-refractivity contribution in [2.75, 3.05) is 20.8 Å². The Morgan fingerprint density at radius 1 is 1.53 bits per heavy atom. The van der Waals surface area contributed by atoms with Crippen LogP contribution in [0.25, 0.3) is 0 Å². The molecule has 0 aliphatic carbocycles. The third-order valence-electron chi connectivity index (χ3n) is 2.14. The fraction of sp³-hybridized carbons (Fsp3) is 0.600. The number of aryl methyl sites for hydroxylation is 1. The van der Waals surface area contributed by atoms with Crippen molar-refractivity contribution in [3.05, 3.63) is 11.9 Å². The fourth-order valence-corrected chi connectivity index (χ4v) is 1.38. The number of carbonyl (C=O) groups is 1. The summed E-state index contributed by atoms with van der Waals surface area (Å²) in [6, 6.07) is 0. The predicted molar refractivity (Wildman–Crippen MR) is 55.2 cm³/mol. The molecule has 1 aromatic heterocycles. The Labute approximate surface area is 89.0 Å². The number of aromatic nitrogens is 2. The maximum absolute atomic E-state index is 11.8. The van der Waals surface area contributed by atoms with Crippen molar-refractivity contribution in [2.24, 2.45) is 7.05 Å². The van der Waals surface area contributed by atoms with Crippen LogP contribution in [0.1, 0.15) is 23.3 Å². The first kappa shape index (κ1) is 11.7. The second-order valence-corrected chi connectivity index (χ2v) is 3.20. The van der Waals surface area contributed by atoms with Crippen molar-refractivity contribution in [3.63, 3.8) is 0 Å². The number of ketones is 1. The topological polar surface area (TPSA) is 53.4 Å². The van der Waals surface area contributed by atoms with Gasteiger partial charge >= 0.3 is 0 Å². The van der Waals surface area contributed by atoms with Crippen molar-refractivity contribution < 1.29 is 14.3 Å². The summed E-state index contributed by atoms with van der Waals surface area (Å²) in [5, 5.41) is 3.98. The molecule has 5 heteroatoms. The molecule has 1 heterocycles. The van der Waals surface area contributed by atoms with Crippen LogP contribution in [0.3, 0.4) is 0 Å². The van der Waals surface area contributed by atoms with E-state index in [-0.39, 0.29) is 5.78 Å². The van der Waals surface area contributed by atoms with Crippen molar-refractivity contribution in [1.29, 1.82) is 0 Å². The number of carbonyl (C=O) groups excluding carboxylic acids is 1. The van der Waals surface area contributed by atoms with E-state index in [4.69, 9.17) is 9.47 Å². The molecule has 0 atom stereocenters. The number of hydrogen-bond donors (Lipinski definition) is 0. The quantitative estimate of drug-likeness (QED) is 0.522. The Kier molecular flexibility index (Phi) is 4.30. The smallest absolute Gasteiger partial charge is 0.184 e. The van der Waals surface area contributed by atoms with Gasteiger partial charge in [0.05, 0.1) is 13.3 Å². The van der Waals surface area contributed by atoms with Crippen molar-refractivity contribution >= 4 is 5.78 Å². The van der Waals surface area contributed by atoms with E-state index < -0.39 is 0 Å². The van der Waals surface area contributed by atoms with Crippen LogP contribution >= 0.6 is 0 Å². The third-order valence-corrected chi connectivity index (χ3v) is 2.14. The molecule has 0 radical (unpaired) electrons. The molecule has 0 saturated heterocycles. The Bertz CT molecular complexity index is 333. The molecule has 0 aliphatic heterocycles. The molecule has 0 spiro atoms. The average molecular weight is 212 g/mol. The van der Waals surface area contributed by atoms with E-state index in [1.807, 2.05) is 0 Å². The molecule has 0 aromatic carbocycles. The van der Waals surface area contributed by atoms with Gasteiger partial charge < -0.3 is 9.47 Å². The Hall–Kier alpha value is -1.36. The largest absolute Gasteiger partial charge is 0.493 e. The summed E-state index contributed by atoms with van der Waals surface area (Å²) < 4.78 is 11.5. The van der Waals surface area contributed by atoms with Crippen molar-refractivity contribution in [2.45, 2.75) is 12.8 Å². The van der Waals surface area contributed by atoms with E-state index in [1.165, 1.54) is 11.8 Å². The van der Waals surface area contributed by atoms with Crippen LogP contribution in [0.5, 0.6) is 5.75 Å². The van der Waals surface area contributed by atoms with Gasteiger partial charge in [-0.15, -0.1) is 0 Å². The molecular formula is C10H16N2O3. The van der Waals surface area contributed by atoms with E-state index in [0.29, 0.717) is 30.9 Å². The number of methoxy groups -OCH3 is 2. The van der Waals surface area contributed by atoms with E-state index in [0.717, 1.165) is 0 Å². The van der Waals surface area contributed by atoms with E-state index in [9.17, 15) is 4.79 Å². The van der Waals surface area contributed by atoms with Gasteiger partial charge in [0.2, 0.25) is 0 Å². The Balaban J connectivity index is 2.67. The predicted octanol–water partition coefficient (Wildman–Crippen LogP) is 1.04. The van der Waals surface area contributed by atoms with Crippen molar-refractivity contribution in [3.8, 4) is 5.75 Å². The summed E-state index contributed by atoms with van der Waals surface area (Å²) in [7, 11) is 4.88. The number of rotatable bonds is 6. The van der Waals surface area contributed by atoms with Gasteiger partial charge in [0, 0.05) is 27.2 Å². The van der Waals surface area contributed by atoms with Crippen LogP contribution in [0.15, 0.2) is 6.20 Å². The second kappa shape index (κ2) is 5.50. The van der Waals surface area contributed by atoms with Gasteiger partial charge in [-0.1, -0.05) is 0 Å². The van der Waals surface area contributed by atoms with E-state index in [2.05, 4.69) is 5.10 Å². The SMILES string of the molecule is COCCCC(=O)c1c(OC)cnn1C. The Morgan fingerprint density at radius 3 is 2.87 bits per heavy atom. The molecule has 1 aromatic rings. The lowest BCUT2D eigenvalue weighted by Crippen LogP contribution is -2.09. The molecule has 0 amide bonds. The summed E-state index contributed by atoms with van der Waals surface area (Å²) >= 11 is 0. The lowest BCUT2D eigenvalue weighted by Gasteiger charge is -2.03. The molecule has 0 aliphatic rings. The maximum Gasteiger partial charge on any atom is 0.184 e. The minimum Gasteiger partial charge on any atom is -0.493 e. The molecular weight excluding hydrogens is 196 g/mol. The summed E-state index contributed by atoms with van der Waals surface area (Å²) in [5.74, 6) is 0.559. The highest BCUT2D eigenvalue weighted by Crippen LogP contribution is 2.18. The molecule has 84 valence electrons. The molecule has 0 N–H and O–H groups in total. The first-order chi connectivity index (χ1) is 7.20. The fourth-order valence-electron chi connectivity index (χ4n) is 1.38. The molecule has 0 unspecified atom stereocenters. The first-order valence-corrected chi connectivity index (χ1v) is 4.78. The highest BCUT2D eigenvalue weighted by molar-refractivity contribution is 5.96. The van der Waals surface area contributed by atoms with E-state index >= 15 is 0 Å². The van der Waals surface area contributed by atoms with Gasteiger partial charge in [-0.3, -0.25) is 9.48 Å². The molecule has 15 heavy (non-hydrogen) atoms. The van der Waals surface area contributed by atoms with Gasteiger partial charge in [-0.05, 0) is 6.42 Å². The maximum atomic E-state index is 11.8. The molecule has 0 fully saturated rings. The lowest BCUT2D eigenvalue weighted by atomic mass is 10.1. The van der Waals surface area contributed by atoms with Gasteiger partial charge in [-0.2, -0.15) is 5.10 Å². The van der Waals surface area contributed by atoms with Crippen LogP contribution in [0.2, 0.25) is 0 Å². The van der Waals surface area contributed by atoms with Crippen LogP contribution < -0.4 is 4.74 Å². The summed E-state index contributed by atoms with van der Waals surface area (Å²) in [5.41, 5.74) is 0.522. The second-order valence-electron chi connectivity index (χ2n) is 3.20. The van der Waals surface area contributed by atoms with Gasteiger partial charge in [-0.25, -0.2) is 0 Å². The van der Waals surface area contributed by atoms with Crippen molar-refractivity contribution in [1.82, 2.24) is 9.78 Å². The summed E-state index contributed by atoms with van der Waals surface area (Å²) in [4.78, 5) is 11.8. The van der Waals surface area contributed by atoms with Crippen LogP contribution in [0.4, 0.5) is 0 Å². The number of ether oxygens (including phenoxy) is 2. The minimum absolute atomic E-state index is 0.0314. The highest BCUT2D eigenvalue weighted by Gasteiger charge is 2.16. The lowest BCUT2D eigenvalue weighted by molar-refractivity contribution is 0.0951. The first-order valence-electron chi connectivity index (χ1n) is 4.78. The summed E-state index contributed by atoms with van der Waals surface area (Å²) in [6.45, 7) is 0.589. The van der Waals surface area contributed by atoms with Crippen LogP contribution in [-0.2, 0) is 11.8 Å². The average Bonchev–Trinajstić information content (AvgIpc) is 2.59. The van der Waals surface area contributed by atoms with Gasteiger partial charge in [0.15, 0.2) is 11.5 Å². The normalized spacial score (nSPS) is 10.3. The van der Waals surface area contributed by atoms with Crippen LogP contribution in [0, 0.1) is 0 Å². The van der Waals surface area contributed by atoms with E-state index in [1.54, 1.807) is 20.4 Å². The molecule has 1 rings (SSSR count). The molecule has 0 saturated carbocycles. The number of Topliss-reactive ketones (excluding diaryl/α,β-unsaturated/α-hetero) is 1. The zero-order valence-electron chi connectivity index (χ0n) is 9.32. The minimum atomic E-state index is 0.0314. The zero-order valence-corrected chi connectivity index (χ0v) is 9.32. The van der Waals surface area contributed by atoms with Gasteiger partial charge in [0.25, 0.3) is 0 Å². The molecule has 5 nitrogen and oxygen atoms in total. The third kappa shape index (κ3) is 2.79. The Morgan fingerprint density at radius 2 is 2.27 bits per heavy atom.